The molecule has 1 aliphatic heterocycles. The zero-order valence-corrected chi connectivity index (χ0v) is 13.8. The highest BCUT2D eigenvalue weighted by Gasteiger charge is 2.21. The van der Waals surface area contributed by atoms with Crippen LogP contribution in [-0.4, -0.2) is 45.1 Å². The zero-order valence-electron chi connectivity index (χ0n) is 13.8. The summed E-state index contributed by atoms with van der Waals surface area (Å²) < 4.78 is 5.49. The molecular formula is C18H21N5O. The molecule has 6 heteroatoms. The van der Waals surface area contributed by atoms with Crippen molar-refractivity contribution in [2.45, 2.75) is 19.3 Å². The van der Waals surface area contributed by atoms with E-state index in [0.717, 1.165) is 42.3 Å². The Balaban J connectivity index is 1.53. The van der Waals surface area contributed by atoms with E-state index in [1.165, 1.54) is 12.8 Å². The Kier molecular flexibility index (Phi) is 4.13. The summed E-state index contributed by atoms with van der Waals surface area (Å²) in [5.41, 5.74) is 2.65. The molecule has 24 heavy (non-hydrogen) atoms. The average Bonchev–Trinajstić information content (AvgIpc) is 3.27. The number of piperidine rings is 1. The summed E-state index contributed by atoms with van der Waals surface area (Å²) in [5, 5.41) is 4.17. The average molecular weight is 323 g/mol. The van der Waals surface area contributed by atoms with Crippen molar-refractivity contribution in [2.75, 3.05) is 20.1 Å². The van der Waals surface area contributed by atoms with Gasteiger partial charge in [-0.15, -0.1) is 0 Å². The van der Waals surface area contributed by atoms with Crippen molar-refractivity contribution in [3.8, 4) is 22.8 Å². The van der Waals surface area contributed by atoms with Gasteiger partial charge in [-0.2, -0.15) is 4.98 Å². The van der Waals surface area contributed by atoms with Gasteiger partial charge in [0.15, 0.2) is 5.82 Å². The van der Waals surface area contributed by atoms with Gasteiger partial charge in [-0.1, -0.05) is 35.5 Å². The molecule has 0 unspecified atom stereocenters. The summed E-state index contributed by atoms with van der Waals surface area (Å²) in [6.07, 6.45) is 4.93. The molecule has 4 rings (SSSR count). The Morgan fingerprint density at radius 3 is 2.79 bits per heavy atom. The quantitative estimate of drug-likeness (QED) is 0.799. The minimum atomic E-state index is 0.509. The molecule has 2 aromatic heterocycles. The maximum Gasteiger partial charge on any atom is 0.276 e. The van der Waals surface area contributed by atoms with Gasteiger partial charge >= 0.3 is 0 Å². The zero-order chi connectivity index (χ0) is 16.4. The molecule has 1 fully saturated rings. The first-order valence-corrected chi connectivity index (χ1v) is 8.40. The molecule has 1 aromatic carbocycles. The summed E-state index contributed by atoms with van der Waals surface area (Å²) >= 11 is 0. The summed E-state index contributed by atoms with van der Waals surface area (Å²) in [5.74, 6) is 1.93. The van der Waals surface area contributed by atoms with Gasteiger partial charge in [0.1, 0.15) is 11.4 Å². The fourth-order valence-electron chi connectivity index (χ4n) is 3.24. The second-order valence-corrected chi connectivity index (χ2v) is 6.46. The van der Waals surface area contributed by atoms with Crippen molar-refractivity contribution in [1.29, 1.82) is 0 Å². The highest BCUT2D eigenvalue weighted by atomic mass is 16.5. The highest BCUT2D eigenvalue weighted by Crippen LogP contribution is 2.28. The van der Waals surface area contributed by atoms with Gasteiger partial charge in [0.25, 0.3) is 5.89 Å². The second kappa shape index (κ2) is 6.57. The van der Waals surface area contributed by atoms with Gasteiger partial charge in [0.2, 0.25) is 0 Å². The number of H-pyrrole nitrogens is 1. The second-order valence-electron chi connectivity index (χ2n) is 6.46. The third-order valence-electron chi connectivity index (χ3n) is 4.68. The topological polar surface area (TPSA) is 70.8 Å². The van der Waals surface area contributed by atoms with Gasteiger partial charge in [0.05, 0.1) is 6.33 Å². The maximum atomic E-state index is 5.49. The van der Waals surface area contributed by atoms with Crippen LogP contribution in [0.25, 0.3) is 22.8 Å². The molecule has 1 N–H and O–H groups in total. The first-order valence-electron chi connectivity index (χ1n) is 8.40. The molecule has 0 saturated carbocycles. The third kappa shape index (κ3) is 3.10. The Labute approximate surface area is 140 Å². The predicted molar refractivity (Wildman–Crippen MR) is 91.2 cm³/mol. The molecule has 0 atom stereocenters. The van der Waals surface area contributed by atoms with E-state index in [1.54, 1.807) is 6.33 Å². The van der Waals surface area contributed by atoms with Crippen molar-refractivity contribution in [2.24, 2.45) is 5.92 Å². The van der Waals surface area contributed by atoms with E-state index in [9.17, 15) is 0 Å². The van der Waals surface area contributed by atoms with Crippen molar-refractivity contribution in [3.05, 3.63) is 42.5 Å². The molecule has 0 aliphatic carbocycles. The summed E-state index contributed by atoms with van der Waals surface area (Å²) in [6.45, 7) is 2.29. The molecule has 3 aromatic rings. The van der Waals surface area contributed by atoms with Crippen LogP contribution in [0.5, 0.6) is 0 Å². The number of nitrogens with one attached hydrogen (secondary N) is 1. The minimum absolute atomic E-state index is 0.509. The maximum absolute atomic E-state index is 5.49. The number of aromatic nitrogens is 4. The molecule has 0 bridgehead atoms. The van der Waals surface area contributed by atoms with Gasteiger partial charge in [0, 0.05) is 12.0 Å². The Hall–Kier alpha value is -2.47. The Morgan fingerprint density at radius 1 is 1.21 bits per heavy atom. The standard InChI is InChI=1S/C18H21N5O/c1-23-9-7-13(8-10-23)11-15-21-18(24-22-15)17-16(19-12-20-17)14-5-3-2-4-6-14/h2-6,12-13H,7-11H2,1H3,(H,19,20). The van der Waals surface area contributed by atoms with E-state index < -0.39 is 0 Å². The van der Waals surface area contributed by atoms with E-state index in [4.69, 9.17) is 4.52 Å². The normalized spacial score (nSPS) is 16.5. The number of nitrogens with zero attached hydrogens (tertiary/aromatic N) is 4. The largest absolute Gasteiger partial charge is 0.340 e. The van der Waals surface area contributed by atoms with Crippen molar-refractivity contribution in [3.63, 3.8) is 0 Å². The molecule has 0 spiro atoms. The fraction of sp³-hybridized carbons (Fsp3) is 0.389. The van der Waals surface area contributed by atoms with Crippen LogP contribution >= 0.6 is 0 Å². The lowest BCUT2D eigenvalue weighted by Gasteiger charge is -2.27. The molecular weight excluding hydrogens is 302 g/mol. The third-order valence-corrected chi connectivity index (χ3v) is 4.68. The van der Waals surface area contributed by atoms with E-state index in [0.29, 0.717) is 11.8 Å². The van der Waals surface area contributed by atoms with Crippen LogP contribution in [0, 0.1) is 5.92 Å². The van der Waals surface area contributed by atoms with Crippen LogP contribution in [0.3, 0.4) is 0 Å². The number of rotatable bonds is 4. The van der Waals surface area contributed by atoms with Gasteiger partial charge in [-0.3, -0.25) is 0 Å². The molecule has 0 amide bonds. The molecule has 0 radical (unpaired) electrons. The number of hydrogen-bond donors (Lipinski definition) is 1. The monoisotopic (exact) mass is 323 g/mol. The fourth-order valence-corrected chi connectivity index (χ4v) is 3.24. The van der Waals surface area contributed by atoms with Crippen LogP contribution in [-0.2, 0) is 6.42 Å². The molecule has 124 valence electrons. The van der Waals surface area contributed by atoms with E-state index in [2.05, 4.69) is 32.1 Å². The van der Waals surface area contributed by atoms with Crippen LogP contribution in [0.1, 0.15) is 18.7 Å². The summed E-state index contributed by atoms with van der Waals surface area (Å²) in [4.78, 5) is 14.5. The van der Waals surface area contributed by atoms with Gasteiger partial charge in [-0.05, 0) is 38.9 Å². The molecule has 6 nitrogen and oxygen atoms in total. The number of imidazole rings is 1. The van der Waals surface area contributed by atoms with Crippen LogP contribution in [0.4, 0.5) is 0 Å². The van der Waals surface area contributed by atoms with Crippen molar-refractivity contribution < 1.29 is 4.52 Å². The smallest absolute Gasteiger partial charge is 0.276 e. The number of benzene rings is 1. The van der Waals surface area contributed by atoms with E-state index in [-0.39, 0.29) is 0 Å². The Bertz CT molecular complexity index is 787. The van der Waals surface area contributed by atoms with Crippen LogP contribution < -0.4 is 0 Å². The van der Waals surface area contributed by atoms with Crippen LogP contribution in [0.2, 0.25) is 0 Å². The Morgan fingerprint density at radius 2 is 2.00 bits per heavy atom. The van der Waals surface area contributed by atoms with E-state index >= 15 is 0 Å². The van der Waals surface area contributed by atoms with Gasteiger partial charge < -0.3 is 14.4 Å². The van der Waals surface area contributed by atoms with E-state index in [1.807, 2.05) is 30.3 Å². The van der Waals surface area contributed by atoms with Crippen molar-refractivity contribution in [1.82, 2.24) is 25.0 Å². The number of likely N-dealkylation sites (tertiary alicyclic amines) is 1. The SMILES string of the molecule is CN1CCC(Cc2noc(-c3[nH]cnc3-c3ccccc3)n2)CC1. The summed E-state index contributed by atoms with van der Waals surface area (Å²) in [6, 6.07) is 10.0. The predicted octanol–water partition coefficient (Wildman–Crippen LogP) is 3.01. The molecule has 3 heterocycles. The lowest BCUT2D eigenvalue weighted by Crippen LogP contribution is -2.31. The number of aromatic amines is 1. The highest BCUT2D eigenvalue weighted by molar-refractivity contribution is 5.73. The molecule has 1 aliphatic rings. The minimum Gasteiger partial charge on any atom is -0.340 e. The van der Waals surface area contributed by atoms with Crippen LogP contribution in [0.15, 0.2) is 41.2 Å². The summed E-state index contributed by atoms with van der Waals surface area (Å²) in [7, 11) is 2.17. The van der Waals surface area contributed by atoms with Crippen molar-refractivity contribution >= 4 is 0 Å². The first kappa shape index (κ1) is 15.1. The van der Waals surface area contributed by atoms with Gasteiger partial charge in [-0.25, -0.2) is 4.98 Å². The first-order chi connectivity index (χ1) is 11.8. The lowest BCUT2D eigenvalue weighted by atomic mass is 9.94. The molecule has 1 saturated heterocycles. The number of hydrogen-bond acceptors (Lipinski definition) is 5. The lowest BCUT2D eigenvalue weighted by molar-refractivity contribution is 0.216.